The molecule has 0 saturated heterocycles. The van der Waals surface area contributed by atoms with Gasteiger partial charge in [0.1, 0.15) is 5.76 Å². The number of nitrogens with zero attached hydrogens (tertiary/aromatic N) is 1. The van der Waals surface area contributed by atoms with Gasteiger partial charge in [-0.25, -0.2) is 4.79 Å². The van der Waals surface area contributed by atoms with E-state index in [1.165, 1.54) is 7.11 Å². The molecule has 0 aromatic carbocycles. The zero-order valence-corrected chi connectivity index (χ0v) is 11.3. The van der Waals surface area contributed by atoms with Gasteiger partial charge in [0.15, 0.2) is 0 Å². The van der Waals surface area contributed by atoms with Crippen molar-refractivity contribution in [3.63, 3.8) is 0 Å². The average molecular weight is 263 g/mol. The SMILES string of the molecule is COCCn1c(-c2ccco2)cc(C(=O)OC)c1C. The molecule has 0 radical (unpaired) electrons. The maximum atomic E-state index is 11.7. The second-order valence-corrected chi connectivity index (χ2v) is 4.14. The van der Waals surface area contributed by atoms with E-state index in [2.05, 4.69) is 0 Å². The van der Waals surface area contributed by atoms with Crippen LogP contribution >= 0.6 is 0 Å². The van der Waals surface area contributed by atoms with Crippen molar-refractivity contribution >= 4 is 5.97 Å². The summed E-state index contributed by atoms with van der Waals surface area (Å²) in [5.74, 6) is 0.371. The standard InChI is InChI=1S/C14H17NO4/c1-10-11(14(16)18-3)9-12(13-5-4-7-19-13)15(10)6-8-17-2/h4-5,7,9H,6,8H2,1-3H3. The van der Waals surface area contributed by atoms with E-state index in [0.717, 1.165) is 11.4 Å². The Kier molecular flexibility index (Phi) is 4.06. The molecule has 0 saturated carbocycles. The van der Waals surface area contributed by atoms with Gasteiger partial charge in [0, 0.05) is 19.3 Å². The van der Waals surface area contributed by atoms with E-state index >= 15 is 0 Å². The first-order valence-corrected chi connectivity index (χ1v) is 6.00. The molecule has 0 aliphatic rings. The minimum Gasteiger partial charge on any atom is -0.465 e. The highest BCUT2D eigenvalue weighted by atomic mass is 16.5. The topological polar surface area (TPSA) is 53.6 Å². The van der Waals surface area contributed by atoms with Crippen molar-refractivity contribution in [2.75, 3.05) is 20.8 Å². The van der Waals surface area contributed by atoms with E-state index in [9.17, 15) is 4.79 Å². The first-order chi connectivity index (χ1) is 9.19. The highest BCUT2D eigenvalue weighted by Crippen LogP contribution is 2.26. The van der Waals surface area contributed by atoms with Crippen molar-refractivity contribution in [2.24, 2.45) is 0 Å². The Morgan fingerprint density at radius 1 is 1.42 bits per heavy atom. The van der Waals surface area contributed by atoms with Crippen molar-refractivity contribution in [3.05, 3.63) is 35.7 Å². The normalized spacial score (nSPS) is 10.7. The Hall–Kier alpha value is -2.01. The van der Waals surface area contributed by atoms with Gasteiger partial charge in [0.05, 0.1) is 31.2 Å². The molecule has 0 unspecified atom stereocenters. The van der Waals surface area contributed by atoms with E-state index in [1.807, 2.05) is 23.6 Å². The van der Waals surface area contributed by atoms with Crippen LogP contribution in [0.3, 0.4) is 0 Å². The number of carbonyl (C=O) groups is 1. The van der Waals surface area contributed by atoms with Gasteiger partial charge >= 0.3 is 5.97 Å². The number of hydrogen-bond acceptors (Lipinski definition) is 4. The van der Waals surface area contributed by atoms with Crippen LogP contribution in [-0.4, -0.2) is 31.4 Å². The molecule has 2 heterocycles. The Bertz CT molecular complexity index is 554. The van der Waals surface area contributed by atoms with Crippen LogP contribution in [-0.2, 0) is 16.0 Å². The van der Waals surface area contributed by atoms with E-state index in [1.54, 1.807) is 19.4 Å². The fourth-order valence-electron chi connectivity index (χ4n) is 2.06. The Morgan fingerprint density at radius 3 is 2.79 bits per heavy atom. The predicted molar refractivity (Wildman–Crippen MR) is 70.1 cm³/mol. The molecule has 2 aromatic rings. The quantitative estimate of drug-likeness (QED) is 0.778. The summed E-state index contributed by atoms with van der Waals surface area (Å²) in [5.41, 5.74) is 2.24. The van der Waals surface area contributed by atoms with E-state index in [0.29, 0.717) is 24.5 Å². The molecule has 5 heteroatoms. The fourth-order valence-corrected chi connectivity index (χ4v) is 2.06. The first kappa shape index (κ1) is 13.4. The monoisotopic (exact) mass is 263 g/mol. The van der Waals surface area contributed by atoms with Crippen LogP contribution in [0.1, 0.15) is 16.1 Å². The van der Waals surface area contributed by atoms with Gasteiger partial charge in [-0.3, -0.25) is 0 Å². The van der Waals surface area contributed by atoms with E-state index < -0.39 is 0 Å². The van der Waals surface area contributed by atoms with Crippen molar-refractivity contribution < 1.29 is 18.7 Å². The number of carbonyl (C=O) groups excluding carboxylic acids is 1. The molecule has 2 aromatic heterocycles. The summed E-state index contributed by atoms with van der Waals surface area (Å²) in [6.45, 7) is 3.09. The lowest BCUT2D eigenvalue weighted by Crippen LogP contribution is -2.09. The van der Waals surface area contributed by atoms with Crippen molar-refractivity contribution in [1.82, 2.24) is 4.57 Å². The molecule has 0 atom stereocenters. The molecule has 2 rings (SSSR count). The van der Waals surface area contributed by atoms with Crippen LogP contribution in [0.2, 0.25) is 0 Å². The van der Waals surface area contributed by atoms with Crippen molar-refractivity contribution in [2.45, 2.75) is 13.5 Å². The molecule has 19 heavy (non-hydrogen) atoms. The van der Waals surface area contributed by atoms with Gasteiger partial charge in [-0.05, 0) is 25.1 Å². The number of furan rings is 1. The Labute approximate surface area is 111 Å². The number of ether oxygens (including phenoxy) is 2. The third-order valence-corrected chi connectivity index (χ3v) is 3.06. The zero-order valence-electron chi connectivity index (χ0n) is 11.3. The molecule has 0 bridgehead atoms. The van der Waals surface area contributed by atoms with Crippen LogP contribution in [0.15, 0.2) is 28.9 Å². The zero-order chi connectivity index (χ0) is 13.8. The van der Waals surface area contributed by atoms with Gasteiger partial charge in [-0.15, -0.1) is 0 Å². The van der Waals surface area contributed by atoms with Gasteiger partial charge in [-0.1, -0.05) is 0 Å². The number of aromatic nitrogens is 1. The predicted octanol–water partition coefficient (Wildman–Crippen LogP) is 2.49. The number of esters is 1. The molecule has 0 N–H and O–H groups in total. The lowest BCUT2D eigenvalue weighted by Gasteiger charge is -2.09. The minimum absolute atomic E-state index is 0.346. The largest absolute Gasteiger partial charge is 0.465 e. The molecular weight excluding hydrogens is 246 g/mol. The van der Waals surface area contributed by atoms with Gasteiger partial charge in [0.25, 0.3) is 0 Å². The molecule has 0 fully saturated rings. The van der Waals surface area contributed by atoms with Gasteiger partial charge in [0.2, 0.25) is 0 Å². The third kappa shape index (κ3) is 2.56. The van der Waals surface area contributed by atoms with Crippen molar-refractivity contribution in [1.29, 1.82) is 0 Å². The number of rotatable bonds is 5. The second-order valence-electron chi connectivity index (χ2n) is 4.14. The van der Waals surface area contributed by atoms with Gasteiger partial charge < -0.3 is 18.5 Å². The second kappa shape index (κ2) is 5.75. The molecular formula is C14H17NO4. The summed E-state index contributed by atoms with van der Waals surface area (Å²) in [7, 11) is 3.02. The minimum atomic E-state index is -0.346. The Morgan fingerprint density at radius 2 is 2.21 bits per heavy atom. The number of hydrogen-bond donors (Lipinski definition) is 0. The molecule has 5 nitrogen and oxygen atoms in total. The van der Waals surface area contributed by atoms with E-state index in [4.69, 9.17) is 13.9 Å². The van der Waals surface area contributed by atoms with Crippen LogP contribution in [0.25, 0.3) is 11.5 Å². The van der Waals surface area contributed by atoms with Crippen LogP contribution in [0.5, 0.6) is 0 Å². The highest BCUT2D eigenvalue weighted by molar-refractivity contribution is 5.92. The summed E-state index contributed by atoms with van der Waals surface area (Å²) < 4.78 is 17.3. The summed E-state index contributed by atoms with van der Waals surface area (Å²) >= 11 is 0. The van der Waals surface area contributed by atoms with E-state index in [-0.39, 0.29) is 5.97 Å². The van der Waals surface area contributed by atoms with Crippen LogP contribution in [0.4, 0.5) is 0 Å². The smallest absolute Gasteiger partial charge is 0.339 e. The maximum Gasteiger partial charge on any atom is 0.339 e. The molecule has 0 spiro atoms. The van der Waals surface area contributed by atoms with Crippen LogP contribution in [0, 0.1) is 6.92 Å². The number of methoxy groups -OCH3 is 2. The fraction of sp³-hybridized carbons (Fsp3) is 0.357. The summed E-state index contributed by atoms with van der Waals surface area (Å²) in [5, 5.41) is 0. The molecule has 0 amide bonds. The average Bonchev–Trinajstić information content (AvgIpc) is 3.03. The Balaban J connectivity index is 2.48. The lowest BCUT2D eigenvalue weighted by molar-refractivity contribution is 0.0599. The highest BCUT2D eigenvalue weighted by Gasteiger charge is 2.19. The summed E-state index contributed by atoms with van der Waals surface area (Å²) in [4.78, 5) is 11.7. The maximum absolute atomic E-state index is 11.7. The van der Waals surface area contributed by atoms with Crippen LogP contribution < -0.4 is 0 Å². The first-order valence-electron chi connectivity index (χ1n) is 6.00. The summed E-state index contributed by atoms with van der Waals surface area (Å²) in [6, 6.07) is 5.46. The van der Waals surface area contributed by atoms with Crippen molar-refractivity contribution in [3.8, 4) is 11.5 Å². The molecule has 0 aliphatic carbocycles. The van der Waals surface area contributed by atoms with Gasteiger partial charge in [-0.2, -0.15) is 0 Å². The summed E-state index contributed by atoms with van der Waals surface area (Å²) in [6.07, 6.45) is 1.61. The molecule has 102 valence electrons. The molecule has 0 aliphatic heterocycles. The third-order valence-electron chi connectivity index (χ3n) is 3.06. The lowest BCUT2D eigenvalue weighted by atomic mass is 10.2.